The summed E-state index contributed by atoms with van der Waals surface area (Å²) in [6.07, 6.45) is 11.5. The molecule has 0 saturated carbocycles. The molecule has 0 aromatic heterocycles. The molecular weight excluding hydrogens is 196 g/mol. The molecule has 16 heavy (non-hydrogen) atoms. The Labute approximate surface area is 101 Å². The maximum absolute atomic E-state index is 2.67. The first kappa shape index (κ1) is 12.4. The Kier molecular flexibility index (Phi) is 5.64. The molecule has 0 bridgehead atoms. The largest absolute Gasteiger partial charge is 0.303 e. The molecule has 0 N–H and O–H groups in total. The Balaban J connectivity index is 1.42. The first-order valence-electron chi connectivity index (χ1n) is 7.40. The normalized spacial score (nSPS) is 24.0. The molecule has 2 heteroatoms. The zero-order chi connectivity index (χ0) is 11.1. The highest BCUT2D eigenvalue weighted by Crippen LogP contribution is 2.11. The fourth-order valence-electron chi connectivity index (χ4n) is 3.04. The molecule has 2 saturated heterocycles. The zero-order valence-corrected chi connectivity index (χ0v) is 10.8. The van der Waals surface area contributed by atoms with Crippen LogP contribution in [-0.4, -0.2) is 49.1 Å². The van der Waals surface area contributed by atoms with Crippen molar-refractivity contribution in [2.75, 3.05) is 39.3 Å². The average Bonchev–Trinajstić information content (AvgIpc) is 2.83. The molecule has 0 spiro atoms. The summed E-state index contributed by atoms with van der Waals surface area (Å²) in [4.78, 5) is 5.31. The monoisotopic (exact) mass is 224 g/mol. The van der Waals surface area contributed by atoms with Gasteiger partial charge in [0.1, 0.15) is 0 Å². The average molecular weight is 224 g/mol. The second-order valence-electron chi connectivity index (χ2n) is 5.51. The highest BCUT2D eigenvalue weighted by Gasteiger charge is 2.11. The van der Waals surface area contributed by atoms with Gasteiger partial charge in [-0.3, -0.25) is 0 Å². The summed E-state index contributed by atoms with van der Waals surface area (Å²) < 4.78 is 0. The van der Waals surface area contributed by atoms with Crippen LogP contribution in [0.4, 0.5) is 0 Å². The number of unbranched alkanes of at least 4 members (excludes halogenated alkanes) is 2. The predicted octanol–water partition coefficient (Wildman–Crippen LogP) is 2.74. The smallest absolute Gasteiger partial charge is 0.00183 e. The first-order valence-corrected chi connectivity index (χ1v) is 7.40. The van der Waals surface area contributed by atoms with Crippen molar-refractivity contribution in [3.63, 3.8) is 0 Å². The van der Waals surface area contributed by atoms with E-state index in [1.165, 1.54) is 90.6 Å². The topological polar surface area (TPSA) is 6.48 Å². The molecule has 0 aliphatic carbocycles. The van der Waals surface area contributed by atoms with Crippen molar-refractivity contribution in [2.24, 2.45) is 0 Å². The minimum absolute atomic E-state index is 1.36. The summed E-state index contributed by atoms with van der Waals surface area (Å²) in [6.45, 7) is 8.19. The SMILES string of the molecule is C1CCN(CCCCCN2CCCC2)CC1. The Hall–Kier alpha value is -0.0800. The van der Waals surface area contributed by atoms with E-state index < -0.39 is 0 Å². The van der Waals surface area contributed by atoms with E-state index in [1.54, 1.807) is 0 Å². The van der Waals surface area contributed by atoms with Crippen LogP contribution in [0.15, 0.2) is 0 Å². The number of likely N-dealkylation sites (tertiary alicyclic amines) is 2. The minimum atomic E-state index is 1.36. The van der Waals surface area contributed by atoms with Crippen molar-refractivity contribution in [3.8, 4) is 0 Å². The van der Waals surface area contributed by atoms with Crippen LogP contribution < -0.4 is 0 Å². The van der Waals surface area contributed by atoms with E-state index in [0.717, 1.165) is 0 Å². The summed E-state index contributed by atoms with van der Waals surface area (Å²) in [7, 11) is 0. The third-order valence-electron chi connectivity index (χ3n) is 4.10. The molecular formula is C14H28N2. The Morgan fingerprint density at radius 2 is 0.938 bits per heavy atom. The van der Waals surface area contributed by atoms with Gasteiger partial charge in [-0.05, 0) is 77.8 Å². The number of nitrogens with zero attached hydrogens (tertiary/aromatic N) is 2. The van der Waals surface area contributed by atoms with Crippen molar-refractivity contribution in [1.82, 2.24) is 9.80 Å². The summed E-state index contributed by atoms with van der Waals surface area (Å²) in [5.41, 5.74) is 0. The lowest BCUT2D eigenvalue weighted by Gasteiger charge is -2.26. The van der Waals surface area contributed by atoms with Crippen molar-refractivity contribution in [3.05, 3.63) is 0 Å². The Morgan fingerprint density at radius 3 is 1.44 bits per heavy atom. The van der Waals surface area contributed by atoms with Crippen LogP contribution in [0.1, 0.15) is 51.4 Å². The van der Waals surface area contributed by atoms with Crippen molar-refractivity contribution >= 4 is 0 Å². The van der Waals surface area contributed by atoms with Gasteiger partial charge in [-0.2, -0.15) is 0 Å². The second kappa shape index (κ2) is 7.29. The molecule has 94 valence electrons. The van der Waals surface area contributed by atoms with Crippen molar-refractivity contribution in [2.45, 2.75) is 51.4 Å². The van der Waals surface area contributed by atoms with Gasteiger partial charge in [-0.1, -0.05) is 12.8 Å². The number of hydrogen-bond acceptors (Lipinski definition) is 2. The molecule has 0 aromatic rings. The van der Waals surface area contributed by atoms with Crippen LogP contribution in [0.25, 0.3) is 0 Å². The maximum atomic E-state index is 2.67. The van der Waals surface area contributed by atoms with Crippen molar-refractivity contribution < 1.29 is 0 Å². The van der Waals surface area contributed by atoms with E-state index in [9.17, 15) is 0 Å². The quantitative estimate of drug-likeness (QED) is 0.640. The highest BCUT2D eigenvalue weighted by molar-refractivity contribution is 4.67. The standard InChI is InChI=1S/C14H28N2/c1-3-9-15(10-4-1)11-5-2-6-12-16-13-7-8-14-16/h1-14H2. The predicted molar refractivity (Wildman–Crippen MR) is 69.8 cm³/mol. The molecule has 2 aliphatic rings. The summed E-state index contributed by atoms with van der Waals surface area (Å²) in [5, 5.41) is 0. The summed E-state index contributed by atoms with van der Waals surface area (Å²) >= 11 is 0. The molecule has 0 atom stereocenters. The van der Waals surface area contributed by atoms with E-state index >= 15 is 0 Å². The second-order valence-corrected chi connectivity index (χ2v) is 5.51. The van der Waals surface area contributed by atoms with Gasteiger partial charge >= 0.3 is 0 Å². The number of piperidine rings is 1. The van der Waals surface area contributed by atoms with Crippen LogP contribution in [0, 0.1) is 0 Å². The van der Waals surface area contributed by atoms with Gasteiger partial charge in [0.15, 0.2) is 0 Å². The number of rotatable bonds is 6. The zero-order valence-electron chi connectivity index (χ0n) is 10.8. The van der Waals surface area contributed by atoms with E-state index in [4.69, 9.17) is 0 Å². The lowest BCUT2D eigenvalue weighted by atomic mass is 10.1. The molecule has 2 aliphatic heterocycles. The molecule has 2 heterocycles. The lowest BCUT2D eigenvalue weighted by Crippen LogP contribution is -2.30. The third-order valence-corrected chi connectivity index (χ3v) is 4.10. The molecule has 2 fully saturated rings. The Morgan fingerprint density at radius 1 is 0.500 bits per heavy atom. The lowest BCUT2D eigenvalue weighted by molar-refractivity contribution is 0.222. The van der Waals surface area contributed by atoms with Gasteiger partial charge < -0.3 is 9.80 Å². The van der Waals surface area contributed by atoms with Crippen LogP contribution in [0.3, 0.4) is 0 Å². The minimum Gasteiger partial charge on any atom is -0.303 e. The van der Waals surface area contributed by atoms with Crippen LogP contribution in [-0.2, 0) is 0 Å². The van der Waals surface area contributed by atoms with Gasteiger partial charge in [0.2, 0.25) is 0 Å². The van der Waals surface area contributed by atoms with E-state index in [2.05, 4.69) is 9.80 Å². The molecule has 2 nitrogen and oxygen atoms in total. The van der Waals surface area contributed by atoms with Gasteiger partial charge in [-0.25, -0.2) is 0 Å². The van der Waals surface area contributed by atoms with Gasteiger partial charge in [0, 0.05) is 0 Å². The molecule has 2 rings (SSSR count). The molecule has 0 aromatic carbocycles. The van der Waals surface area contributed by atoms with E-state index in [0.29, 0.717) is 0 Å². The fourth-order valence-corrected chi connectivity index (χ4v) is 3.04. The summed E-state index contributed by atoms with van der Waals surface area (Å²) in [6, 6.07) is 0. The number of hydrogen-bond donors (Lipinski definition) is 0. The van der Waals surface area contributed by atoms with Crippen LogP contribution >= 0.6 is 0 Å². The summed E-state index contributed by atoms with van der Waals surface area (Å²) in [5.74, 6) is 0. The van der Waals surface area contributed by atoms with E-state index in [1.807, 2.05) is 0 Å². The van der Waals surface area contributed by atoms with Crippen molar-refractivity contribution in [1.29, 1.82) is 0 Å². The third kappa shape index (κ3) is 4.42. The Bertz CT molecular complexity index is 170. The highest BCUT2D eigenvalue weighted by atomic mass is 15.1. The van der Waals surface area contributed by atoms with E-state index in [-0.39, 0.29) is 0 Å². The first-order chi connectivity index (χ1) is 7.95. The maximum Gasteiger partial charge on any atom is -0.00183 e. The van der Waals surface area contributed by atoms with Gasteiger partial charge in [-0.15, -0.1) is 0 Å². The fraction of sp³-hybridized carbons (Fsp3) is 1.00. The molecule has 0 radical (unpaired) electrons. The molecule has 0 unspecified atom stereocenters. The van der Waals surface area contributed by atoms with Gasteiger partial charge in [0.05, 0.1) is 0 Å². The molecule has 0 amide bonds. The van der Waals surface area contributed by atoms with Crippen LogP contribution in [0.5, 0.6) is 0 Å². The van der Waals surface area contributed by atoms with Crippen LogP contribution in [0.2, 0.25) is 0 Å². The van der Waals surface area contributed by atoms with Gasteiger partial charge in [0.25, 0.3) is 0 Å².